The van der Waals surface area contributed by atoms with Gasteiger partial charge >= 0.3 is 5.97 Å². The normalized spacial score (nSPS) is 11.5. The molecule has 1 N–H and O–H groups in total. The molecule has 1 aromatic heterocycles. The van der Waals surface area contributed by atoms with Crippen molar-refractivity contribution in [1.82, 2.24) is 0 Å². The SMILES string of the molecule is CCOC(=O)C(C)(C)Nc1csc2ccccc12. The lowest BCUT2D eigenvalue weighted by Crippen LogP contribution is -2.41. The molecule has 1 heterocycles. The lowest BCUT2D eigenvalue weighted by molar-refractivity contribution is -0.147. The van der Waals surface area contributed by atoms with Crippen molar-refractivity contribution in [3.05, 3.63) is 29.6 Å². The van der Waals surface area contributed by atoms with E-state index in [1.807, 2.05) is 38.3 Å². The zero-order chi connectivity index (χ0) is 13.2. The molecule has 0 aliphatic rings. The average Bonchev–Trinajstić information content (AvgIpc) is 2.73. The van der Waals surface area contributed by atoms with Crippen molar-refractivity contribution >= 4 is 33.1 Å². The topological polar surface area (TPSA) is 38.3 Å². The summed E-state index contributed by atoms with van der Waals surface area (Å²) in [5.41, 5.74) is 0.258. The summed E-state index contributed by atoms with van der Waals surface area (Å²) in [5.74, 6) is -0.236. The molecule has 1 aromatic carbocycles. The molecule has 2 aromatic rings. The third kappa shape index (κ3) is 2.48. The van der Waals surface area contributed by atoms with Gasteiger partial charge in [0.25, 0.3) is 0 Å². The smallest absolute Gasteiger partial charge is 0.331 e. The molecule has 3 nitrogen and oxygen atoms in total. The van der Waals surface area contributed by atoms with Crippen LogP contribution in [0.2, 0.25) is 0 Å². The predicted octanol–water partition coefficient (Wildman–Crippen LogP) is 3.65. The van der Waals surface area contributed by atoms with E-state index < -0.39 is 5.54 Å². The fraction of sp³-hybridized carbons (Fsp3) is 0.357. The minimum atomic E-state index is -0.722. The van der Waals surface area contributed by atoms with E-state index in [1.54, 1.807) is 11.3 Å². The summed E-state index contributed by atoms with van der Waals surface area (Å²) in [6, 6.07) is 8.13. The summed E-state index contributed by atoms with van der Waals surface area (Å²) < 4.78 is 6.28. The van der Waals surface area contributed by atoms with Gasteiger partial charge in [0, 0.05) is 15.5 Å². The number of carbonyl (C=O) groups is 1. The minimum absolute atomic E-state index is 0.236. The molecule has 0 unspecified atom stereocenters. The van der Waals surface area contributed by atoms with E-state index in [4.69, 9.17) is 4.74 Å². The van der Waals surface area contributed by atoms with E-state index in [9.17, 15) is 4.79 Å². The van der Waals surface area contributed by atoms with E-state index in [2.05, 4.69) is 17.4 Å². The lowest BCUT2D eigenvalue weighted by atomic mass is 10.1. The van der Waals surface area contributed by atoms with Crippen molar-refractivity contribution in [3.8, 4) is 0 Å². The van der Waals surface area contributed by atoms with E-state index >= 15 is 0 Å². The molecule has 0 bridgehead atoms. The molecule has 0 amide bonds. The summed E-state index contributed by atoms with van der Waals surface area (Å²) in [7, 11) is 0. The molecule has 0 radical (unpaired) electrons. The van der Waals surface area contributed by atoms with Gasteiger partial charge in [0.05, 0.1) is 12.3 Å². The second-order valence-corrected chi connectivity index (χ2v) is 5.53. The third-order valence-corrected chi connectivity index (χ3v) is 3.68. The maximum Gasteiger partial charge on any atom is 0.331 e. The van der Waals surface area contributed by atoms with Crippen LogP contribution in [0.1, 0.15) is 20.8 Å². The summed E-state index contributed by atoms with van der Waals surface area (Å²) in [5, 5.41) is 6.43. The number of hydrogen-bond donors (Lipinski definition) is 1. The Morgan fingerprint density at radius 3 is 2.83 bits per heavy atom. The van der Waals surface area contributed by atoms with Gasteiger partial charge in [0.15, 0.2) is 0 Å². The number of hydrogen-bond acceptors (Lipinski definition) is 4. The zero-order valence-corrected chi connectivity index (χ0v) is 11.6. The molecule has 0 saturated heterocycles. The van der Waals surface area contributed by atoms with Crippen LogP contribution < -0.4 is 5.32 Å². The Bertz CT molecular complexity index is 560. The average molecular weight is 263 g/mol. The number of thiophene rings is 1. The van der Waals surface area contributed by atoms with Crippen LogP contribution in [0.15, 0.2) is 29.6 Å². The van der Waals surface area contributed by atoms with Crippen LogP contribution in [0, 0.1) is 0 Å². The van der Waals surface area contributed by atoms with Crippen LogP contribution in [-0.2, 0) is 9.53 Å². The first-order valence-corrected chi connectivity index (χ1v) is 6.84. The lowest BCUT2D eigenvalue weighted by Gasteiger charge is -2.24. The highest BCUT2D eigenvalue weighted by atomic mass is 32.1. The Labute approximate surface area is 111 Å². The van der Waals surface area contributed by atoms with E-state index in [0.29, 0.717) is 6.61 Å². The van der Waals surface area contributed by atoms with Crippen molar-refractivity contribution in [3.63, 3.8) is 0 Å². The van der Waals surface area contributed by atoms with Crippen LogP contribution in [-0.4, -0.2) is 18.1 Å². The predicted molar refractivity (Wildman–Crippen MR) is 76.2 cm³/mol. The fourth-order valence-electron chi connectivity index (χ4n) is 1.77. The molecule has 18 heavy (non-hydrogen) atoms. The van der Waals surface area contributed by atoms with Crippen molar-refractivity contribution in [2.45, 2.75) is 26.3 Å². The Morgan fingerprint density at radius 2 is 2.11 bits per heavy atom. The molecule has 0 saturated carbocycles. The van der Waals surface area contributed by atoms with Crippen LogP contribution in [0.4, 0.5) is 5.69 Å². The molecule has 0 spiro atoms. The molecule has 4 heteroatoms. The molecule has 2 rings (SSSR count). The summed E-state index contributed by atoms with van der Waals surface area (Å²) >= 11 is 1.67. The van der Waals surface area contributed by atoms with Gasteiger partial charge < -0.3 is 10.1 Å². The zero-order valence-electron chi connectivity index (χ0n) is 10.8. The van der Waals surface area contributed by atoms with Gasteiger partial charge in [0.2, 0.25) is 0 Å². The molecular weight excluding hydrogens is 246 g/mol. The molecule has 0 aliphatic heterocycles. The molecule has 0 atom stereocenters. The van der Waals surface area contributed by atoms with Gasteiger partial charge in [0.1, 0.15) is 5.54 Å². The van der Waals surface area contributed by atoms with Crippen molar-refractivity contribution < 1.29 is 9.53 Å². The summed E-state index contributed by atoms with van der Waals surface area (Å²) in [6.07, 6.45) is 0. The van der Waals surface area contributed by atoms with Crippen LogP contribution in [0.5, 0.6) is 0 Å². The van der Waals surface area contributed by atoms with Crippen LogP contribution >= 0.6 is 11.3 Å². The van der Waals surface area contributed by atoms with Crippen molar-refractivity contribution in [2.75, 3.05) is 11.9 Å². The largest absolute Gasteiger partial charge is 0.464 e. The van der Waals surface area contributed by atoms with Gasteiger partial charge in [-0.05, 0) is 26.8 Å². The fourth-order valence-corrected chi connectivity index (χ4v) is 2.67. The van der Waals surface area contributed by atoms with Crippen molar-refractivity contribution in [1.29, 1.82) is 0 Å². The Morgan fingerprint density at radius 1 is 1.39 bits per heavy atom. The number of anilines is 1. The number of nitrogens with one attached hydrogen (secondary N) is 1. The van der Waals surface area contributed by atoms with Crippen LogP contribution in [0.25, 0.3) is 10.1 Å². The van der Waals surface area contributed by atoms with E-state index in [-0.39, 0.29) is 5.97 Å². The van der Waals surface area contributed by atoms with E-state index in [0.717, 1.165) is 11.1 Å². The van der Waals surface area contributed by atoms with Gasteiger partial charge in [-0.15, -0.1) is 11.3 Å². The standard InChI is InChI=1S/C14H17NO2S/c1-4-17-13(16)14(2,3)15-11-9-18-12-8-6-5-7-10(11)12/h5-9,15H,4H2,1-3H3. The van der Waals surface area contributed by atoms with Gasteiger partial charge in [-0.25, -0.2) is 4.79 Å². The molecule has 0 aliphatic carbocycles. The van der Waals surface area contributed by atoms with Crippen molar-refractivity contribution in [2.24, 2.45) is 0 Å². The highest BCUT2D eigenvalue weighted by Crippen LogP contribution is 2.31. The first kappa shape index (κ1) is 12.9. The Kier molecular flexibility index (Phi) is 3.57. The third-order valence-electron chi connectivity index (χ3n) is 2.71. The quantitative estimate of drug-likeness (QED) is 0.856. The van der Waals surface area contributed by atoms with E-state index in [1.165, 1.54) is 4.70 Å². The first-order chi connectivity index (χ1) is 8.54. The number of carbonyl (C=O) groups excluding carboxylic acids is 1. The summed E-state index contributed by atoms with van der Waals surface area (Å²) in [6.45, 7) is 5.87. The van der Waals surface area contributed by atoms with Crippen LogP contribution in [0.3, 0.4) is 0 Å². The Balaban J connectivity index is 2.25. The number of fused-ring (bicyclic) bond motifs is 1. The molecule has 0 fully saturated rings. The Hall–Kier alpha value is -1.55. The van der Waals surface area contributed by atoms with Gasteiger partial charge in [-0.1, -0.05) is 18.2 Å². The van der Waals surface area contributed by atoms with Gasteiger partial charge in [-0.3, -0.25) is 0 Å². The number of benzene rings is 1. The minimum Gasteiger partial charge on any atom is -0.464 e. The maximum atomic E-state index is 11.8. The molecule has 96 valence electrons. The van der Waals surface area contributed by atoms with Gasteiger partial charge in [-0.2, -0.15) is 0 Å². The first-order valence-electron chi connectivity index (χ1n) is 5.96. The number of esters is 1. The maximum absolute atomic E-state index is 11.8. The number of rotatable bonds is 4. The second-order valence-electron chi connectivity index (χ2n) is 4.62. The monoisotopic (exact) mass is 263 g/mol. The summed E-state index contributed by atoms with van der Waals surface area (Å²) in [4.78, 5) is 11.8. The highest BCUT2D eigenvalue weighted by Gasteiger charge is 2.29. The second kappa shape index (κ2) is 4.98. The number of ether oxygens (including phenoxy) is 1. The molecular formula is C14H17NO2S. The highest BCUT2D eigenvalue weighted by molar-refractivity contribution is 7.17.